The molecule has 2 rings (SSSR count). The van der Waals surface area contributed by atoms with Crippen LogP contribution < -0.4 is 10.6 Å². The molecule has 2 N–H and O–H groups in total. The molecule has 0 spiro atoms. The van der Waals surface area contributed by atoms with Crippen LogP contribution in [0.1, 0.15) is 5.56 Å². The fourth-order valence-corrected chi connectivity index (χ4v) is 1.96. The molecule has 0 aromatic heterocycles. The number of amides is 2. The van der Waals surface area contributed by atoms with Crippen LogP contribution in [-0.2, 0) is 0 Å². The number of halogens is 2. The topological polar surface area (TPSA) is 41.1 Å². The molecule has 2 aromatic rings. The molecule has 0 aliphatic heterocycles. The van der Waals surface area contributed by atoms with Gasteiger partial charge in [-0.2, -0.15) is 0 Å². The zero-order valence-electron chi connectivity index (χ0n) is 10.4. The lowest BCUT2D eigenvalue weighted by molar-refractivity contribution is 0.255. The fraction of sp³-hybridized carbons (Fsp3) is 0. The second kappa shape index (κ2) is 6.86. The summed E-state index contributed by atoms with van der Waals surface area (Å²) in [7, 11) is 0. The van der Waals surface area contributed by atoms with Crippen molar-refractivity contribution in [2.24, 2.45) is 0 Å². The zero-order valence-corrected chi connectivity index (χ0v) is 12.0. The molecule has 2 aromatic carbocycles. The SMILES string of the molecule is O=C(N/C=C/c1ccccc1Br)Nc1ccccc1F. The highest BCUT2D eigenvalue weighted by Crippen LogP contribution is 2.16. The van der Waals surface area contributed by atoms with Gasteiger partial charge in [0.05, 0.1) is 5.69 Å². The first-order valence-electron chi connectivity index (χ1n) is 5.90. The summed E-state index contributed by atoms with van der Waals surface area (Å²) in [6.07, 6.45) is 3.24. The Balaban J connectivity index is 1.93. The number of hydrogen-bond donors (Lipinski definition) is 2. The minimum Gasteiger partial charge on any atom is -0.314 e. The Morgan fingerprint density at radius 3 is 2.55 bits per heavy atom. The maximum atomic E-state index is 13.3. The third-order valence-corrected chi connectivity index (χ3v) is 3.23. The molecule has 0 atom stereocenters. The molecule has 2 amide bonds. The van der Waals surface area contributed by atoms with E-state index in [0.29, 0.717) is 0 Å². The summed E-state index contributed by atoms with van der Waals surface area (Å²) in [5.74, 6) is -0.475. The first kappa shape index (κ1) is 14.3. The van der Waals surface area contributed by atoms with Crippen molar-refractivity contribution in [2.45, 2.75) is 0 Å². The van der Waals surface area contributed by atoms with Gasteiger partial charge >= 0.3 is 6.03 Å². The summed E-state index contributed by atoms with van der Waals surface area (Å²) < 4.78 is 14.2. The summed E-state index contributed by atoms with van der Waals surface area (Å²) in [4.78, 5) is 11.6. The molecule has 0 saturated heterocycles. The van der Waals surface area contributed by atoms with Gasteiger partial charge in [0.2, 0.25) is 0 Å². The highest BCUT2D eigenvalue weighted by molar-refractivity contribution is 9.10. The summed E-state index contributed by atoms with van der Waals surface area (Å²) in [5, 5.41) is 4.94. The summed E-state index contributed by atoms with van der Waals surface area (Å²) in [6, 6.07) is 13.1. The average molecular weight is 335 g/mol. The number of urea groups is 1. The second-order valence-electron chi connectivity index (χ2n) is 3.93. The van der Waals surface area contributed by atoms with Crippen molar-refractivity contribution in [1.82, 2.24) is 5.32 Å². The van der Waals surface area contributed by atoms with Crippen molar-refractivity contribution < 1.29 is 9.18 Å². The number of anilines is 1. The van der Waals surface area contributed by atoms with Gasteiger partial charge in [0, 0.05) is 10.7 Å². The van der Waals surface area contributed by atoms with Crippen molar-refractivity contribution in [3.8, 4) is 0 Å². The first-order chi connectivity index (χ1) is 9.66. The van der Waals surface area contributed by atoms with E-state index >= 15 is 0 Å². The molecule has 0 saturated carbocycles. The van der Waals surface area contributed by atoms with Gasteiger partial charge in [-0.3, -0.25) is 0 Å². The van der Waals surface area contributed by atoms with Gasteiger partial charge in [-0.15, -0.1) is 0 Å². The third-order valence-electron chi connectivity index (χ3n) is 2.50. The fourth-order valence-electron chi connectivity index (χ4n) is 1.54. The molecule has 102 valence electrons. The van der Waals surface area contributed by atoms with Gasteiger partial charge in [-0.1, -0.05) is 46.3 Å². The highest BCUT2D eigenvalue weighted by atomic mass is 79.9. The van der Waals surface area contributed by atoms with E-state index in [9.17, 15) is 9.18 Å². The lowest BCUT2D eigenvalue weighted by Gasteiger charge is -2.05. The molecule has 0 radical (unpaired) electrons. The first-order valence-corrected chi connectivity index (χ1v) is 6.69. The van der Waals surface area contributed by atoms with Crippen LogP contribution in [0.15, 0.2) is 59.2 Å². The Morgan fingerprint density at radius 1 is 1.10 bits per heavy atom. The Labute approximate surface area is 124 Å². The van der Waals surface area contributed by atoms with Gasteiger partial charge in [-0.25, -0.2) is 9.18 Å². The number of benzene rings is 2. The van der Waals surface area contributed by atoms with Gasteiger partial charge in [0.15, 0.2) is 0 Å². The Morgan fingerprint density at radius 2 is 1.80 bits per heavy atom. The maximum Gasteiger partial charge on any atom is 0.323 e. The van der Waals surface area contributed by atoms with E-state index in [1.54, 1.807) is 18.2 Å². The molecule has 0 aliphatic carbocycles. The van der Waals surface area contributed by atoms with Gasteiger partial charge in [0.25, 0.3) is 0 Å². The van der Waals surface area contributed by atoms with E-state index in [0.717, 1.165) is 10.0 Å². The van der Waals surface area contributed by atoms with Crippen LogP contribution in [0.3, 0.4) is 0 Å². The summed E-state index contributed by atoms with van der Waals surface area (Å²) in [6.45, 7) is 0. The van der Waals surface area contributed by atoms with E-state index in [4.69, 9.17) is 0 Å². The molecule has 0 fully saturated rings. The standard InChI is InChI=1S/C15H12BrFN2O/c16-12-6-2-1-5-11(12)9-10-18-15(20)19-14-8-4-3-7-13(14)17/h1-10H,(H2,18,19,20)/b10-9+. The van der Waals surface area contributed by atoms with Crippen LogP contribution in [0, 0.1) is 5.82 Å². The number of carbonyl (C=O) groups excluding carboxylic acids is 1. The van der Waals surface area contributed by atoms with Gasteiger partial charge in [-0.05, 0) is 29.8 Å². The Hall–Kier alpha value is -2.14. The van der Waals surface area contributed by atoms with Crippen LogP contribution in [0.4, 0.5) is 14.9 Å². The smallest absolute Gasteiger partial charge is 0.314 e. The van der Waals surface area contributed by atoms with Crippen LogP contribution in [0.5, 0.6) is 0 Å². The minimum absolute atomic E-state index is 0.138. The lowest BCUT2D eigenvalue weighted by Crippen LogP contribution is -2.24. The van der Waals surface area contributed by atoms with E-state index in [1.165, 1.54) is 18.3 Å². The van der Waals surface area contributed by atoms with Crippen LogP contribution in [0.25, 0.3) is 6.08 Å². The van der Waals surface area contributed by atoms with E-state index in [2.05, 4.69) is 26.6 Å². The molecule has 0 unspecified atom stereocenters. The van der Waals surface area contributed by atoms with E-state index < -0.39 is 11.8 Å². The summed E-state index contributed by atoms with van der Waals surface area (Å²) >= 11 is 3.40. The predicted octanol–water partition coefficient (Wildman–Crippen LogP) is 4.38. The maximum absolute atomic E-state index is 13.3. The van der Waals surface area contributed by atoms with Crippen molar-refractivity contribution >= 4 is 33.7 Å². The van der Waals surface area contributed by atoms with Crippen molar-refractivity contribution in [3.05, 3.63) is 70.6 Å². The lowest BCUT2D eigenvalue weighted by atomic mass is 10.2. The van der Waals surface area contributed by atoms with E-state index in [1.807, 2.05) is 24.3 Å². The third kappa shape index (κ3) is 3.93. The molecule has 0 aliphatic rings. The van der Waals surface area contributed by atoms with E-state index in [-0.39, 0.29) is 5.69 Å². The normalized spacial score (nSPS) is 10.5. The quantitative estimate of drug-likeness (QED) is 0.859. The van der Waals surface area contributed by atoms with Crippen LogP contribution in [0.2, 0.25) is 0 Å². The minimum atomic E-state index is -0.501. The number of carbonyl (C=O) groups is 1. The number of para-hydroxylation sites is 1. The Kier molecular flexibility index (Phi) is 4.90. The van der Waals surface area contributed by atoms with Crippen LogP contribution in [-0.4, -0.2) is 6.03 Å². The monoisotopic (exact) mass is 334 g/mol. The molecule has 0 bridgehead atoms. The summed E-state index contributed by atoms with van der Waals surface area (Å²) in [5.41, 5.74) is 1.07. The highest BCUT2D eigenvalue weighted by Gasteiger charge is 2.03. The second-order valence-corrected chi connectivity index (χ2v) is 4.79. The predicted molar refractivity (Wildman–Crippen MR) is 81.7 cm³/mol. The number of nitrogens with one attached hydrogen (secondary N) is 2. The Bertz CT molecular complexity index is 643. The van der Waals surface area contributed by atoms with Gasteiger partial charge in [0.1, 0.15) is 5.82 Å². The van der Waals surface area contributed by atoms with Crippen molar-refractivity contribution in [2.75, 3.05) is 5.32 Å². The van der Waals surface area contributed by atoms with Gasteiger partial charge < -0.3 is 10.6 Å². The number of hydrogen-bond acceptors (Lipinski definition) is 1. The molecule has 3 nitrogen and oxygen atoms in total. The molecule has 5 heteroatoms. The molecule has 20 heavy (non-hydrogen) atoms. The number of rotatable bonds is 3. The molecular weight excluding hydrogens is 323 g/mol. The van der Waals surface area contributed by atoms with Crippen LogP contribution >= 0.6 is 15.9 Å². The largest absolute Gasteiger partial charge is 0.323 e. The van der Waals surface area contributed by atoms with Crippen molar-refractivity contribution in [3.63, 3.8) is 0 Å². The molecule has 0 heterocycles. The average Bonchev–Trinajstić information content (AvgIpc) is 2.43. The molecular formula is C15H12BrFN2O. The van der Waals surface area contributed by atoms with Crippen molar-refractivity contribution in [1.29, 1.82) is 0 Å². The zero-order chi connectivity index (χ0) is 14.4.